The van der Waals surface area contributed by atoms with Crippen LogP contribution in [0.3, 0.4) is 0 Å². The molecule has 1 aromatic rings. The Balaban J connectivity index is 2.43. The first-order valence-electron chi connectivity index (χ1n) is 8.47. The molecule has 25 heavy (non-hydrogen) atoms. The lowest BCUT2D eigenvalue weighted by molar-refractivity contribution is 0.411. The van der Waals surface area contributed by atoms with Gasteiger partial charge in [-0.3, -0.25) is 0 Å². The summed E-state index contributed by atoms with van der Waals surface area (Å²) in [6, 6.07) is 11.9. The van der Waals surface area contributed by atoms with E-state index in [2.05, 4.69) is 32.3 Å². The predicted octanol–water partition coefficient (Wildman–Crippen LogP) is 4.11. The molecule has 1 aliphatic heterocycles. The molecule has 0 N–H and O–H groups in total. The molecular formula is C19H26N2O2SSi. The Kier molecular flexibility index (Phi) is 6.04. The van der Waals surface area contributed by atoms with Crippen LogP contribution in [0, 0.1) is 11.3 Å². The second kappa shape index (κ2) is 7.69. The van der Waals surface area contributed by atoms with Crippen molar-refractivity contribution < 1.29 is 8.42 Å². The molecule has 0 aromatic heterocycles. The van der Waals surface area contributed by atoms with E-state index in [0.29, 0.717) is 18.0 Å². The summed E-state index contributed by atoms with van der Waals surface area (Å²) in [4.78, 5) is 0. The maximum absolute atomic E-state index is 13.1. The van der Waals surface area contributed by atoms with E-state index < -0.39 is 24.1 Å². The molecule has 0 spiro atoms. The van der Waals surface area contributed by atoms with Gasteiger partial charge in [-0.05, 0) is 23.6 Å². The number of hydrogen-bond acceptors (Lipinski definition) is 3. The lowest BCUT2D eigenvalue weighted by Crippen LogP contribution is -2.36. The summed E-state index contributed by atoms with van der Waals surface area (Å²) >= 11 is 0. The molecule has 0 bridgehead atoms. The third-order valence-electron chi connectivity index (χ3n) is 4.38. The quantitative estimate of drug-likeness (QED) is 0.533. The average Bonchev–Trinajstić information content (AvgIpc) is 2.93. The Bertz CT molecular complexity index is 802. The number of nitrogens with zero attached hydrogens (tertiary/aromatic N) is 2. The summed E-state index contributed by atoms with van der Waals surface area (Å²) in [5.41, 5.74) is 2.24. The summed E-state index contributed by atoms with van der Waals surface area (Å²) in [5, 5.41) is 9.68. The zero-order valence-electron chi connectivity index (χ0n) is 15.2. The largest absolute Gasteiger partial charge is 0.215 e. The van der Waals surface area contributed by atoms with Gasteiger partial charge in [-0.1, -0.05) is 56.0 Å². The minimum absolute atomic E-state index is 0.145. The summed E-state index contributed by atoms with van der Waals surface area (Å²) in [6.07, 6.45) is 2.26. The van der Waals surface area contributed by atoms with Crippen molar-refractivity contribution in [3.8, 4) is 6.07 Å². The molecule has 134 valence electrons. The van der Waals surface area contributed by atoms with E-state index in [1.54, 1.807) is 6.08 Å². The van der Waals surface area contributed by atoms with Crippen molar-refractivity contribution in [2.24, 2.45) is 0 Å². The number of sulfonamides is 1. The molecule has 6 heteroatoms. The summed E-state index contributed by atoms with van der Waals surface area (Å²) in [5.74, 6) is 0.145. The molecule has 0 radical (unpaired) electrons. The van der Waals surface area contributed by atoms with Crippen LogP contribution in [0.4, 0.5) is 0 Å². The van der Waals surface area contributed by atoms with Crippen LogP contribution < -0.4 is 0 Å². The number of benzene rings is 1. The second-order valence-electron chi connectivity index (χ2n) is 7.61. The van der Waals surface area contributed by atoms with Crippen LogP contribution in [0.2, 0.25) is 25.7 Å². The van der Waals surface area contributed by atoms with Gasteiger partial charge in [0.15, 0.2) is 0 Å². The van der Waals surface area contributed by atoms with Gasteiger partial charge in [-0.2, -0.15) is 9.57 Å². The van der Waals surface area contributed by atoms with Crippen molar-refractivity contribution >= 4 is 18.1 Å². The highest BCUT2D eigenvalue weighted by molar-refractivity contribution is 7.89. The number of nitriles is 1. The maximum atomic E-state index is 13.1. The Morgan fingerprint density at radius 1 is 1.32 bits per heavy atom. The fourth-order valence-electron chi connectivity index (χ4n) is 2.97. The zero-order valence-corrected chi connectivity index (χ0v) is 17.0. The van der Waals surface area contributed by atoms with Crippen LogP contribution in [0.5, 0.6) is 0 Å². The molecule has 1 aliphatic rings. The van der Waals surface area contributed by atoms with Crippen molar-refractivity contribution in [3.05, 3.63) is 59.7 Å². The van der Waals surface area contributed by atoms with E-state index in [4.69, 9.17) is 0 Å². The lowest BCUT2D eigenvalue weighted by Gasteiger charge is -2.26. The van der Waals surface area contributed by atoms with Gasteiger partial charge in [-0.25, -0.2) is 8.42 Å². The fraction of sp³-hybridized carbons (Fsp3) is 0.421. The van der Waals surface area contributed by atoms with E-state index >= 15 is 0 Å². The second-order valence-corrected chi connectivity index (χ2v) is 15.3. The van der Waals surface area contributed by atoms with Gasteiger partial charge in [0.25, 0.3) is 0 Å². The van der Waals surface area contributed by atoms with Crippen LogP contribution >= 0.6 is 0 Å². The Hall–Kier alpha value is -1.68. The fourth-order valence-corrected chi connectivity index (χ4v) is 7.59. The third kappa shape index (κ3) is 4.69. The predicted molar refractivity (Wildman–Crippen MR) is 105 cm³/mol. The Morgan fingerprint density at radius 2 is 1.96 bits per heavy atom. The molecule has 2 rings (SSSR count). The van der Waals surface area contributed by atoms with E-state index in [1.807, 2.05) is 30.3 Å². The number of hydrogen-bond donors (Lipinski definition) is 0. The monoisotopic (exact) mass is 374 g/mol. The molecule has 1 heterocycles. The highest BCUT2D eigenvalue weighted by Gasteiger charge is 2.40. The molecule has 0 aliphatic carbocycles. The van der Waals surface area contributed by atoms with Crippen molar-refractivity contribution in [2.45, 2.75) is 38.1 Å². The number of allylic oxidation sites excluding steroid dienone is 1. The minimum Gasteiger partial charge on any atom is -0.212 e. The number of rotatable bonds is 7. The van der Waals surface area contributed by atoms with Gasteiger partial charge in [-0.15, -0.1) is 6.58 Å². The lowest BCUT2D eigenvalue weighted by atomic mass is 9.98. The van der Waals surface area contributed by atoms with E-state index in [9.17, 15) is 13.7 Å². The first-order valence-corrected chi connectivity index (χ1v) is 13.8. The highest BCUT2D eigenvalue weighted by Crippen LogP contribution is 2.40. The van der Waals surface area contributed by atoms with Crippen molar-refractivity contribution in [1.29, 1.82) is 5.26 Å². The third-order valence-corrected chi connectivity index (χ3v) is 8.27. The van der Waals surface area contributed by atoms with Gasteiger partial charge in [0, 0.05) is 14.6 Å². The van der Waals surface area contributed by atoms with Crippen LogP contribution in [0.15, 0.2) is 54.1 Å². The minimum atomic E-state index is -3.44. The SMILES string of the molecule is C=CCC1=C(C#N)[C@H](c2ccccc2)N(S(=O)(=O)CC[Si](C)(C)C)C1. The first kappa shape index (κ1) is 19.6. The zero-order chi connectivity index (χ0) is 18.7. The van der Waals surface area contributed by atoms with Crippen LogP contribution in [0.1, 0.15) is 18.0 Å². The Labute approximate surface area is 152 Å². The normalized spacial score (nSPS) is 19.0. The molecule has 0 saturated carbocycles. The van der Waals surface area contributed by atoms with Gasteiger partial charge in [0.05, 0.1) is 23.4 Å². The summed E-state index contributed by atoms with van der Waals surface area (Å²) < 4.78 is 27.6. The molecule has 4 nitrogen and oxygen atoms in total. The van der Waals surface area contributed by atoms with Crippen LogP contribution in [-0.4, -0.2) is 33.1 Å². The van der Waals surface area contributed by atoms with Crippen molar-refractivity contribution in [1.82, 2.24) is 4.31 Å². The van der Waals surface area contributed by atoms with Gasteiger partial charge in [0.1, 0.15) is 0 Å². The molecule has 0 fully saturated rings. The van der Waals surface area contributed by atoms with Gasteiger partial charge < -0.3 is 0 Å². The standard InChI is InChI=1S/C19H26N2O2SSi/c1-5-9-17-15-21(24(22,23)12-13-25(2,3)4)19(18(17)14-20)16-10-7-6-8-11-16/h5-8,10-11,19H,1,9,12-13,15H2,2-4H3/t19-/m0/s1. The molecule has 1 atom stereocenters. The summed E-state index contributed by atoms with van der Waals surface area (Å²) in [7, 11) is -4.92. The Morgan fingerprint density at radius 3 is 2.48 bits per heavy atom. The first-order chi connectivity index (χ1) is 11.7. The molecule has 0 amide bonds. The molecule has 1 aromatic carbocycles. The molecule has 0 saturated heterocycles. The smallest absolute Gasteiger partial charge is 0.212 e. The highest BCUT2D eigenvalue weighted by atomic mass is 32.2. The van der Waals surface area contributed by atoms with Gasteiger partial charge >= 0.3 is 0 Å². The van der Waals surface area contributed by atoms with E-state index in [-0.39, 0.29) is 12.3 Å². The van der Waals surface area contributed by atoms with Gasteiger partial charge in [0.2, 0.25) is 10.0 Å². The molecule has 0 unspecified atom stereocenters. The summed E-state index contributed by atoms with van der Waals surface area (Å²) in [6.45, 7) is 10.5. The maximum Gasteiger partial charge on any atom is 0.215 e. The average molecular weight is 375 g/mol. The van der Waals surface area contributed by atoms with E-state index in [1.165, 1.54) is 4.31 Å². The van der Waals surface area contributed by atoms with Crippen molar-refractivity contribution in [3.63, 3.8) is 0 Å². The molecular weight excluding hydrogens is 348 g/mol. The van der Waals surface area contributed by atoms with E-state index in [0.717, 1.165) is 11.1 Å². The van der Waals surface area contributed by atoms with Crippen LogP contribution in [-0.2, 0) is 10.0 Å². The van der Waals surface area contributed by atoms with Crippen LogP contribution in [0.25, 0.3) is 0 Å². The van der Waals surface area contributed by atoms with Crippen molar-refractivity contribution in [2.75, 3.05) is 12.3 Å². The topological polar surface area (TPSA) is 61.2 Å².